The molecule has 1 N–H and O–H groups in total. The highest BCUT2D eigenvalue weighted by Gasteiger charge is 2.60. The normalized spacial score (nSPS) is 50.7. The smallest absolute Gasteiger partial charge is 0.243 e. The third-order valence-electron chi connectivity index (χ3n) is 8.73. The van der Waals surface area contributed by atoms with Gasteiger partial charge in [0.05, 0.1) is 0 Å². The molecule has 0 spiro atoms. The van der Waals surface area contributed by atoms with Gasteiger partial charge in [0.1, 0.15) is 0 Å². The lowest BCUT2D eigenvalue weighted by molar-refractivity contribution is -0.123. The number of carbonyl (C=O) groups excluding carboxylic acids is 1. The number of hydrogen-bond acceptors (Lipinski definition) is 1. The molecule has 134 valence electrons. The average Bonchev–Trinajstić information content (AvgIpc) is 2.85. The van der Waals surface area contributed by atoms with Crippen molar-refractivity contribution < 1.29 is 4.79 Å². The van der Waals surface area contributed by atoms with Gasteiger partial charge in [-0.1, -0.05) is 40.7 Å². The molecule has 24 heavy (non-hydrogen) atoms. The number of carbonyl (C=O) groups is 1. The Hall–Kier alpha value is -0.790. The lowest BCUT2D eigenvalue weighted by Crippen LogP contribution is -2.59. The molecule has 1 aliphatic heterocycles. The van der Waals surface area contributed by atoms with Crippen LogP contribution in [0.1, 0.15) is 73.1 Å². The van der Waals surface area contributed by atoms with Gasteiger partial charge in [0.25, 0.3) is 0 Å². The SMILES string of the molecule is CC(C)(C)[C@H]1CC[C@H]2[C@@H]3CCC4NC(=O)C=C[C@]4(C)[C@H]3CC[C@]12C. The zero-order chi connectivity index (χ0) is 17.3. The van der Waals surface area contributed by atoms with Gasteiger partial charge in [-0.15, -0.1) is 0 Å². The maximum Gasteiger partial charge on any atom is 0.243 e. The number of nitrogens with one attached hydrogen (secondary N) is 1. The van der Waals surface area contributed by atoms with Crippen molar-refractivity contribution in [3.8, 4) is 0 Å². The Morgan fingerprint density at radius 2 is 1.79 bits per heavy atom. The van der Waals surface area contributed by atoms with Crippen LogP contribution in [0, 0.1) is 39.9 Å². The summed E-state index contributed by atoms with van der Waals surface area (Å²) in [6.45, 7) is 12.4. The fourth-order valence-corrected chi connectivity index (χ4v) is 7.76. The average molecular weight is 330 g/mol. The molecule has 1 amide bonds. The fourth-order valence-electron chi connectivity index (χ4n) is 7.76. The summed E-state index contributed by atoms with van der Waals surface area (Å²) in [6, 6.07) is 0.362. The van der Waals surface area contributed by atoms with E-state index in [9.17, 15) is 4.79 Å². The number of rotatable bonds is 0. The van der Waals surface area contributed by atoms with Crippen LogP contribution in [-0.2, 0) is 4.79 Å². The second-order valence-electron chi connectivity index (χ2n) is 10.8. The van der Waals surface area contributed by atoms with Crippen molar-refractivity contribution >= 4 is 5.91 Å². The molecule has 0 aromatic heterocycles. The zero-order valence-corrected chi connectivity index (χ0v) is 16.2. The Bertz CT molecular complexity index is 573. The fraction of sp³-hybridized carbons (Fsp3) is 0.864. The van der Waals surface area contributed by atoms with Crippen molar-refractivity contribution in [1.29, 1.82) is 0 Å². The monoisotopic (exact) mass is 329 g/mol. The molecule has 2 heteroatoms. The van der Waals surface area contributed by atoms with Crippen LogP contribution in [0.25, 0.3) is 0 Å². The van der Waals surface area contributed by atoms with Crippen molar-refractivity contribution in [2.75, 3.05) is 0 Å². The maximum atomic E-state index is 11.8. The molecule has 4 rings (SSSR count). The van der Waals surface area contributed by atoms with Gasteiger partial charge in [-0.3, -0.25) is 4.79 Å². The van der Waals surface area contributed by atoms with E-state index in [1.807, 2.05) is 0 Å². The van der Waals surface area contributed by atoms with E-state index in [1.165, 1.54) is 38.5 Å². The van der Waals surface area contributed by atoms with E-state index in [1.54, 1.807) is 6.08 Å². The Morgan fingerprint density at radius 1 is 1.04 bits per heavy atom. The molecule has 0 radical (unpaired) electrons. The molecule has 4 aliphatic rings. The van der Waals surface area contributed by atoms with E-state index in [0.29, 0.717) is 16.9 Å². The first-order chi connectivity index (χ1) is 11.2. The van der Waals surface area contributed by atoms with Gasteiger partial charge in [-0.05, 0) is 79.1 Å². The van der Waals surface area contributed by atoms with E-state index in [-0.39, 0.29) is 11.3 Å². The minimum atomic E-state index is 0.116. The summed E-state index contributed by atoms with van der Waals surface area (Å²) >= 11 is 0. The second kappa shape index (κ2) is 5.11. The summed E-state index contributed by atoms with van der Waals surface area (Å²) in [5.41, 5.74) is 1.14. The Kier molecular flexibility index (Phi) is 3.55. The van der Waals surface area contributed by atoms with Gasteiger partial charge < -0.3 is 5.32 Å². The molecule has 0 aromatic carbocycles. The van der Waals surface area contributed by atoms with Gasteiger partial charge in [-0.2, -0.15) is 0 Å². The lowest BCUT2D eigenvalue weighted by atomic mass is 9.47. The summed E-state index contributed by atoms with van der Waals surface area (Å²) < 4.78 is 0. The van der Waals surface area contributed by atoms with Crippen LogP contribution < -0.4 is 5.32 Å². The molecular weight excluding hydrogens is 294 g/mol. The van der Waals surface area contributed by atoms with Gasteiger partial charge >= 0.3 is 0 Å². The van der Waals surface area contributed by atoms with Crippen LogP contribution in [0.4, 0.5) is 0 Å². The Balaban J connectivity index is 1.66. The predicted molar refractivity (Wildman–Crippen MR) is 98.4 cm³/mol. The van der Waals surface area contributed by atoms with Crippen LogP contribution in [0.5, 0.6) is 0 Å². The first-order valence-electron chi connectivity index (χ1n) is 10.2. The first kappa shape index (κ1) is 16.7. The predicted octanol–water partition coefficient (Wildman–Crippen LogP) is 4.95. The van der Waals surface area contributed by atoms with Gasteiger partial charge in [-0.25, -0.2) is 0 Å². The summed E-state index contributed by atoms with van der Waals surface area (Å²) in [7, 11) is 0. The molecule has 0 saturated heterocycles. The summed E-state index contributed by atoms with van der Waals surface area (Å²) in [5.74, 6) is 3.49. The Morgan fingerprint density at radius 3 is 2.50 bits per heavy atom. The van der Waals surface area contributed by atoms with Crippen LogP contribution in [0.15, 0.2) is 12.2 Å². The molecule has 2 nitrogen and oxygen atoms in total. The summed E-state index contributed by atoms with van der Waals surface area (Å²) in [6.07, 6.45) is 12.1. The molecule has 7 atom stereocenters. The molecule has 3 aliphatic carbocycles. The minimum absolute atomic E-state index is 0.116. The van der Waals surface area contributed by atoms with Crippen molar-refractivity contribution in [2.45, 2.75) is 79.2 Å². The topological polar surface area (TPSA) is 29.1 Å². The number of fused-ring (bicyclic) bond motifs is 5. The standard InChI is InChI=1S/C22H35NO/c1-20(2,3)17-8-7-15-14-6-9-18-22(5,13-11-19(24)23-18)16(14)10-12-21(15,17)4/h11,13-18H,6-10,12H2,1-5H3,(H,23,24)/t14-,15-,16-,17+,18?,21-,22+/m0/s1. The van der Waals surface area contributed by atoms with Crippen molar-refractivity contribution in [2.24, 2.45) is 39.9 Å². The molecule has 3 saturated carbocycles. The first-order valence-corrected chi connectivity index (χ1v) is 10.2. The molecule has 0 bridgehead atoms. The van der Waals surface area contributed by atoms with E-state index in [0.717, 1.165) is 23.7 Å². The van der Waals surface area contributed by atoms with Gasteiger partial charge in [0, 0.05) is 11.5 Å². The summed E-state index contributed by atoms with van der Waals surface area (Å²) in [4.78, 5) is 11.8. The third kappa shape index (κ3) is 2.17. The van der Waals surface area contributed by atoms with E-state index in [2.05, 4.69) is 46.0 Å². The maximum absolute atomic E-state index is 11.8. The third-order valence-corrected chi connectivity index (χ3v) is 8.73. The second-order valence-corrected chi connectivity index (χ2v) is 10.8. The highest BCUT2D eigenvalue weighted by atomic mass is 16.1. The van der Waals surface area contributed by atoms with E-state index >= 15 is 0 Å². The van der Waals surface area contributed by atoms with Crippen molar-refractivity contribution in [1.82, 2.24) is 5.32 Å². The molecule has 1 heterocycles. The molecule has 0 aromatic rings. The van der Waals surface area contributed by atoms with Crippen LogP contribution in [0.3, 0.4) is 0 Å². The van der Waals surface area contributed by atoms with Crippen LogP contribution in [-0.4, -0.2) is 11.9 Å². The number of amides is 1. The molecule has 1 unspecified atom stereocenters. The minimum Gasteiger partial charge on any atom is -0.349 e. The molecular formula is C22H35NO. The lowest BCUT2D eigenvalue weighted by Gasteiger charge is -2.59. The van der Waals surface area contributed by atoms with Crippen molar-refractivity contribution in [3.63, 3.8) is 0 Å². The van der Waals surface area contributed by atoms with Crippen molar-refractivity contribution in [3.05, 3.63) is 12.2 Å². The largest absolute Gasteiger partial charge is 0.349 e. The summed E-state index contributed by atoms with van der Waals surface area (Å²) in [5, 5.41) is 3.27. The van der Waals surface area contributed by atoms with Crippen LogP contribution >= 0.6 is 0 Å². The molecule has 3 fully saturated rings. The van der Waals surface area contributed by atoms with Gasteiger partial charge in [0.2, 0.25) is 5.91 Å². The van der Waals surface area contributed by atoms with Crippen LogP contribution in [0.2, 0.25) is 0 Å². The highest BCUT2D eigenvalue weighted by Crippen LogP contribution is 2.67. The van der Waals surface area contributed by atoms with E-state index < -0.39 is 0 Å². The Labute approximate surface area is 147 Å². The van der Waals surface area contributed by atoms with Gasteiger partial charge in [0.15, 0.2) is 0 Å². The quantitative estimate of drug-likeness (QED) is 0.669. The number of hydrogen-bond donors (Lipinski definition) is 1. The van der Waals surface area contributed by atoms with E-state index in [4.69, 9.17) is 0 Å². The highest BCUT2D eigenvalue weighted by molar-refractivity contribution is 5.89. The zero-order valence-electron chi connectivity index (χ0n) is 16.2.